The highest BCUT2D eigenvalue weighted by Gasteiger charge is 2.31. The zero-order chi connectivity index (χ0) is 21.0. The average molecular weight is 422 g/mol. The second-order valence-electron chi connectivity index (χ2n) is 7.68. The molecule has 1 aliphatic heterocycles. The van der Waals surface area contributed by atoms with Crippen molar-refractivity contribution in [2.24, 2.45) is 0 Å². The lowest BCUT2D eigenvalue weighted by molar-refractivity contribution is -0.274. The second-order valence-corrected chi connectivity index (χ2v) is 7.68. The Morgan fingerprint density at radius 2 is 1.90 bits per heavy atom. The minimum absolute atomic E-state index is 0.137. The van der Waals surface area contributed by atoms with Gasteiger partial charge in [-0.1, -0.05) is 25.0 Å². The molecular weight excluding hydrogens is 397 g/mol. The first-order chi connectivity index (χ1) is 14.4. The van der Waals surface area contributed by atoms with E-state index in [9.17, 15) is 13.2 Å². The molecule has 0 amide bonds. The van der Waals surface area contributed by atoms with Gasteiger partial charge in [0, 0.05) is 30.8 Å². The van der Waals surface area contributed by atoms with Crippen LogP contribution in [0.5, 0.6) is 5.75 Å². The fraction of sp³-hybridized carbons (Fsp3) is 0.524. The Morgan fingerprint density at radius 1 is 1.07 bits per heavy atom. The van der Waals surface area contributed by atoms with Crippen LogP contribution in [0.4, 0.5) is 24.9 Å². The fourth-order valence-electron chi connectivity index (χ4n) is 3.88. The zero-order valence-electron chi connectivity index (χ0n) is 16.5. The van der Waals surface area contributed by atoms with E-state index in [0.29, 0.717) is 35.6 Å². The first-order valence-corrected chi connectivity index (χ1v) is 10.3. The Hall–Kier alpha value is -2.55. The molecule has 0 radical (unpaired) electrons. The van der Waals surface area contributed by atoms with Gasteiger partial charge in [-0.3, -0.25) is 0 Å². The van der Waals surface area contributed by atoms with E-state index in [1.807, 2.05) is 0 Å². The molecule has 0 unspecified atom stereocenters. The van der Waals surface area contributed by atoms with Crippen molar-refractivity contribution >= 4 is 11.8 Å². The van der Waals surface area contributed by atoms with Gasteiger partial charge in [-0.05, 0) is 37.8 Å². The summed E-state index contributed by atoms with van der Waals surface area (Å²) in [5.74, 6) is 0.798. The molecule has 1 saturated carbocycles. The topological polar surface area (TPSA) is 68.3 Å². The number of halogens is 3. The van der Waals surface area contributed by atoms with Crippen molar-refractivity contribution in [1.82, 2.24) is 9.97 Å². The third-order valence-electron chi connectivity index (χ3n) is 5.31. The summed E-state index contributed by atoms with van der Waals surface area (Å²) >= 11 is 0. The normalized spacial score (nSPS) is 19.8. The van der Waals surface area contributed by atoms with Gasteiger partial charge >= 0.3 is 6.36 Å². The monoisotopic (exact) mass is 422 g/mol. The molecule has 2 aliphatic rings. The predicted molar refractivity (Wildman–Crippen MR) is 107 cm³/mol. The Morgan fingerprint density at radius 3 is 2.63 bits per heavy atom. The molecule has 1 aromatic carbocycles. The van der Waals surface area contributed by atoms with E-state index in [1.54, 1.807) is 12.1 Å². The Labute approximate surface area is 173 Å². The maximum Gasteiger partial charge on any atom is 0.573 e. The van der Waals surface area contributed by atoms with Crippen LogP contribution in [0.2, 0.25) is 0 Å². The number of aromatic nitrogens is 2. The zero-order valence-corrected chi connectivity index (χ0v) is 16.5. The molecule has 1 aliphatic carbocycles. The Kier molecular flexibility index (Phi) is 6.26. The number of alkyl halides is 3. The summed E-state index contributed by atoms with van der Waals surface area (Å²) in [6, 6.07) is 7.87. The molecule has 1 aromatic heterocycles. The molecule has 6 nitrogen and oxygen atoms in total. The largest absolute Gasteiger partial charge is 0.573 e. The second kappa shape index (κ2) is 9.07. The van der Waals surface area contributed by atoms with Crippen LogP contribution in [0.1, 0.15) is 38.5 Å². The highest BCUT2D eigenvalue weighted by Crippen LogP contribution is 2.29. The molecule has 2 heterocycles. The fourth-order valence-corrected chi connectivity index (χ4v) is 3.88. The number of benzene rings is 1. The molecule has 162 valence electrons. The average Bonchev–Trinajstić information content (AvgIpc) is 3.39. The predicted octanol–water partition coefficient (Wildman–Crippen LogP) is 4.99. The summed E-state index contributed by atoms with van der Waals surface area (Å²) in [4.78, 5) is 9.12. The van der Waals surface area contributed by atoms with E-state index < -0.39 is 6.36 Å². The molecule has 1 saturated heterocycles. The number of hydrogen-bond donors (Lipinski definition) is 2. The molecule has 30 heavy (non-hydrogen) atoms. The lowest BCUT2D eigenvalue weighted by Gasteiger charge is -2.16. The molecule has 2 N–H and O–H groups in total. The number of hydrogen-bond acceptors (Lipinski definition) is 6. The highest BCUT2D eigenvalue weighted by atomic mass is 19.4. The quantitative estimate of drug-likeness (QED) is 0.655. The lowest BCUT2D eigenvalue weighted by Crippen LogP contribution is -2.21. The van der Waals surface area contributed by atoms with E-state index in [1.165, 1.54) is 18.2 Å². The van der Waals surface area contributed by atoms with Crippen molar-refractivity contribution in [3.8, 4) is 17.0 Å². The molecule has 4 rings (SSSR count). The van der Waals surface area contributed by atoms with Crippen LogP contribution in [-0.2, 0) is 4.74 Å². The lowest BCUT2D eigenvalue weighted by atomic mass is 10.1. The van der Waals surface area contributed by atoms with Crippen molar-refractivity contribution in [2.45, 2.75) is 57.0 Å². The van der Waals surface area contributed by atoms with Crippen LogP contribution in [0.25, 0.3) is 11.3 Å². The van der Waals surface area contributed by atoms with Crippen LogP contribution in [0.15, 0.2) is 30.3 Å². The van der Waals surface area contributed by atoms with Gasteiger partial charge in [0.2, 0.25) is 5.95 Å². The number of nitrogens with zero attached hydrogens (tertiary/aromatic N) is 2. The van der Waals surface area contributed by atoms with Gasteiger partial charge in [0.05, 0.1) is 11.8 Å². The molecular formula is C21H25F3N4O2. The van der Waals surface area contributed by atoms with E-state index in [0.717, 1.165) is 45.1 Å². The van der Waals surface area contributed by atoms with Gasteiger partial charge in [-0.15, -0.1) is 13.2 Å². The minimum Gasteiger partial charge on any atom is -0.406 e. The summed E-state index contributed by atoms with van der Waals surface area (Å²) in [5.41, 5.74) is 1.04. The minimum atomic E-state index is -4.74. The molecule has 0 bridgehead atoms. The van der Waals surface area contributed by atoms with Crippen LogP contribution >= 0.6 is 0 Å². The Bertz CT molecular complexity index is 850. The maximum absolute atomic E-state index is 12.6. The van der Waals surface area contributed by atoms with Gasteiger partial charge < -0.3 is 20.1 Å². The van der Waals surface area contributed by atoms with Gasteiger partial charge in [-0.25, -0.2) is 4.98 Å². The molecule has 0 spiro atoms. The smallest absolute Gasteiger partial charge is 0.406 e. The summed E-state index contributed by atoms with van der Waals surface area (Å²) in [6.45, 7) is 1.39. The van der Waals surface area contributed by atoms with Gasteiger partial charge in [-0.2, -0.15) is 4.98 Å². The summed E-state index contributed by atoms with van der Waals surface area (Å²) in [6.07, 6.45) is 1.88. The van der Waals surface area contributed by atoms with Crippen LogP contribution in [-0.4, -0.2) is 41.6 Å². The van der Waals surface area contributed by atoms with Crippen LogP contribution < -0.4 is 15.4 Å². The van der Waals surface area contributed by atoms with Gasteiger partial charge in [0.1, 0.15) is 11.6 Å². The number of nitrogens with one attached hydrogen (secondary N) is 2. The first-order valence-electron chi connectivity index (χ1n) is 10.3. The number of anilines is 2. The third-order valence-corrected chi connectivity index (χ3v) is 5.31. The first kappa shape index (κ1) is 20.7. The van der Waals surface area contributed by atoms with E-state index in [2.05, 4.69) is 25.3 Å². The van der Waals surface area contributed by atoms with E-state index in [-0.39, 0.29) is 11.9 Å². The molecule has 2 aromatic rings. The summed E-state index contributed by atoms with van der Waals surface area (Å²) < 4.78 is 47.5. The molecule has 1 atom stereocenters. The van der Waals surface area contributed by atoms with Crippen LogP contribution in [0, 0.1) is 0 Å². The Balaban J connectivity index is 1.58. The van der Waals surface area contributed by atoms with Gasteiger partial charge in [0.25, 0.3) is 0 Å². The SMILES string of the molecule is FC(F)(F)Oc1cccc(-c2cc(NC[C@@H]3CCCO3)nc(NC3CCCC3)n2)c1. The van der Waals surface area contributed by atoms with Crippen molar-refractivity contribution in [3.05, 3.63) is 30.3 Å². The van der Waals surface area contributed by atoms with Crippen molar-refractivity contribution in [3.63, 3.8) is 0 Å². The third kappa shape index (κ3) is 5.75. The number of ether oxygens (including phenoxy) is 2. The molecule has 9 heteroatoms. The highest BCUT2D eigenvalue weighted by molar-refractivity contribution is 5.66. The van der Waals surface area contributed by atoms with Crippen molar-refractivity contribution in [1.29, 1.82) is 0 Å². The van der Waals surface area contributed by atoms with Crippen molar-refractivity contribution in [2.75, 3.05) is 23.8 Å². The van der Waals surface area contributed by atoms with Crippen molar-refractivity contribution < 1.29 is 22.6 Å². The van der Waals surface area contributed by atoms with Crippen LogP contribution in [0.3, 0.4) is 0 Å². The summed E-state index contributed by atoms with van der Waals surface area (Å²) in [5, 5.41) is 6.66. The molecule has 2 fully saturated rings. The summed E-state index contributed by atoms with van der Waals surface area (Å²) in [7, 11) is 0. The van der Waals surface area contributed by atoms with Gasteiger partial charge in [0.15, 0.2) is 0 Å². The maximum atomic E-state index is 12.6. The standard InChI is InChI=1S/C21H25F3N4O2/c22-21(23,24)30-16-8-3-5-14(11-16)18-12-19(25-13-17-9-4-10-29-17)28-20(27-18)26-15-6-1-2-7-15/h3,5,8,11-12,15,17H,1-2,4,6-7,9-10,13H2,(H2,25,26,27,28)/t17-/m0/s1. The van der Waals surface area contributed by atoms with E-state index >= 15 is 0 Å². The number of rotatable bonds is 7. The van der Waals surface area contributed by atoms with E-state index in [4.69, 9.17) is 4.74 Å².